The van der Waals surface area contributed by atoms with Crippen molar-refractivity contribution in [3.05, 3.63) is 6.20 Å². The molecule has 1 atom stereocenters. The Kier molecular flexibility index (Phi) is 4.06. The second-order valence-electron chi connectivity index (χ2n) is 7.24. The van der Waals surface area contributed by atoms with Crippen LogP contribution in [-0.2, 0) is 4.79 Å². The standard InChI is InChI=1S/C18H27N5O/c1-3-14-17(24)21(2)15-12-19-18(22-10-6-7-11-22)20-16(15)23(14)13-8-4-5-9-13/h12-14H,3-11H2,1-2H3. The molecule has 1 amide bonds. The molecule has 1 unspecified atom stereocenters. The van der Waals surface area contributed by atoms with Crippen molar-refractivity contribution >= 4 is 23.4 Å². The zero-order valence-electron chi connectivity index (χ0n) is 14.7. The molecule has 1 saturated heterocycles. The average Bonchev–Trinajstić information content (AvgIpc) is 3.30. The van der Waals surface area contributed by atoms with Crippen LogP contribution in [0.1, 0.15) is 51.9 Å². The summed E-state index contributed by atoms with van der Waals surface area (Å²) in [5.41, 5.74) is 0.861. The van der Waals surface area contributed by atoms with Crippen LogP contribution in [0.2, 0.25) is 0 Å². The number of carbonyl (C=O) groups excluding carboxylic acids is 1. The van der Waals surface area contributed by atoms with Crippen LogP contribution in [0, 0.1) is 0 Å². The summed E-state index contributed by atoms with van der Waals surface area (Å²) in [7, 11) is 1.86. The van der Waals surface area contributed by atoms with Crippen molar-refractivity contribution in [3.63, 3.8) is 0 Å². The first-order chi connectivity index (χ1) is 11.7. The lowest BCUT2D eigenvalue weighted by Crippen LogP contribution is -2.55. The maximum absolute atomic E-state index is 12.8. The fourth-order valence-electron chi connectivity index (χ4n) is 4.44. The molecule has 6 nitrogen and oxygen atoms in total. The average molecular weight is 329 g/mol. The van der Waals surface area contributed by atoms with E-state index >= 15 is 0 Å². The Morgan fingerprint density at radius 3 is 2.54 bits per heavy atom. The van der Waals surface area contributed by atoms with Gasteiger partial charge >= 0.3 is 0 Å². The molecule has 4 rings (SSSR count). The summed E-state index contributed by atoms with van der Waals surface area (Å²) in [4.78, 5) is 28.7. The summed E-state index contributed by atoms with van der Waals surface area (Å²) in [5, 5.41) is 0. The molecular formula is C18H27N5O. The third-order valence-corrected chi connectivity index (χ3v) is 5.79. The largest absolute Gasteiger partial charge is 0.341 e. The molecule has 0 radical (unpaired) electrons. The lowest BCUT2D eigenvalue weighted by molar-refractivity contribution is -0.120. The summed E-state index contributed by atoms with van der Waals surface area (Å²) in [5.74, 6) is 1.97. The molecule has 0 aromatic carbocycles. The third kappa shape index (κ3) is 2.43. The van der Waals surface area contributed by atoms with Gasteiger partial charge in [-0.3, -0.25) is 4.79 Å². The van der Waals surface area contributed by atoms with Gasteiger partial charge in [-0.25, -0.2) is 4.98 Å². The highest BCUT2D eigenvalue weighted by molar-refractivity contribution is 6.04. The van der Waals surface area contributed by atoms with Crippen LogP contribution >= 0.6 is 0 Å². The predicted molar refractivity (Wildman–Crippen MR) is 95.7 cm³/mol. The Hall–Kier alpha value is -1.85. The highest BCUT2D eigenvalue weighted by Gasteiger charge is 2.41. The monoisotopic (exact) mass is 329 g/mol. The normalized spacial score (nSPS) is 24.8. The van der Waals surface area contributed by atoms with Crippen LogP contribution in [0.4, 0.5) is 17.5 Å². The number of fused-ring (bicyclic) bond motifs is 1. The van der Waals surface area contributed by atoms with Crippen molar-refractivity contribution in [2.24, 2.45) is 0 Å². The Balaban J connectivity index is 1.78. The van der Waals surface area contributed by atoms with Crippen molar-refractivity contribution in [1.82, 2.24) is 9.97 Å². The van der Waals surface area contributed by atoms with Crippen molar-refractivity contribution in [3.8, 4) is 0 Å². The van der Waals surface area contributed by atoms with Crippen LogP contribution in [0.15, 0.2) is 6.20 Å². The maximum atomic E-state index is 12.8. The molecule has 1 aromatic rings. The van der Waals surface area contributed by atoms with Crippen molar-refractivity contribution in [1.29, 1.82) is 0 Å². The van der Waals surface area contributed by atoms with Gasteiger partial charge in [0.05, 0.1) is 6.20 Å². The highest BCUT2D eigenvalue weighted by Crippen LogP contribution is 2.40. The predicted octanol–water partition coefficient (Wildman–Crippen LogP) is 2.58. The van der Waals surface area contributed by atoms with E-state index in [1.165, 1.54) is 25.7 Å². The van der Waals surface area contributed by atoms with E-state index < -0.39 is 0 Å². The molecule has 2 aliphatic heterocycles. The van der Waals surface area contributed by atoms with Gasteiger partial charge in [0.1, 0.15) is 11.7 Å². The summed E-state index contributed by atoms with van der Waals surface area (Å²) in [6.45, 7) is 4.17. The van der Waals surface area contributed by atoms with Gasteiger partial charge in [-0.1, -0.05) is 19.8 Å². The zero-order valence-corrected chi connectivity index (χ0v) is 14.7. The summed E-state index contributed by atoms with van der Waals surface area (Å²) in [6, 6.07) is 0.347. The third-order valence-electron chi connectivity index (χ3n) is 5.79. The van der Waals surface area contributed by atoms with Crippen LogP contribution in [0.3, 0.4) is 0 Å². The topological polar surface area (TPSA) is 52.6 Å². The summed E-state index contributed by atoms with van der Waals surface area (Å²) < 4.78 is 0. The Morgan fingerprint density at radius 2 is 1.88 bits per heavy atom. The minimum absolute atomic E-state index is 0.0908. The van der Waals surface area contributed by atoms with E-state index in [4.69, 9.17) is 4.98 Å². The zero-order chi connectivity index (χ0) is 16.7. The van der Waals surface area contributed by atoms with Crippen LogP contribution < -0.4 is 14.7 Å². The second-order valence-corrected chi connectivity index (χ2v) is 7.24. The van der Waals surface area contributed by atoms with Gasteiger partial charge in [-0.15, -0.1) is 0 Å². The molecule has 24 heavy (non-hydrogen) atoms. The number of hydrogen-bond donors (Lipinski definition) is 0. The van der Waals surface area contributed by atoms with Gasteiger partial charge in [0.25, 0.3) is 0 Å². The van der Waals surface area contributed by atoms with E-state index in [0.29, 0.717) is 6.04 Å². The van der Waals surface area contributed by atoms with E-state index in [1.54, 1.807) is 4.90 Å². The number of carbonyl (C=O) groups is 1. The SMILES string of the molecule is CCC1C(=O)N(C)c2cnc(N3CCCC3)nc2N1C1CCCC1. The van der Waals surface area contributed by atoms with Crippen molar-refractivity contribution in [2.75, 3.05) is 34.8 Å². The molecule has 1 aromatic heterocycles. The molecule has 6 heteroatoms. The molecule has 3 heterocycles. The highest BCUT2D eigenvalue weighted by atomic mass is 16.2. The van der Waals surface area contributed by atoms with Gasteiger partial charge in [0.15, 0.2) is 5.82 Å². The first kappa shape index (κ1) is 15.7. The van der Waals surface area contributed by atoms with E-state index in [0.717, 1.165) is 49.8 Å². The first-order valence-electron chi connectivity index (χ1n) is 9.38. The smallest absolute Gasteiger partial charge is 0.249 e. The Labute approximate surface area is 143 Å². The minimum Gasteiger partial charge on any atom is -0.341 e. The first-order valence-corrected chi connectivity index (χ1v) is 9.38. The van der Waals surface area contributed by atoms with E-state index in [9.17, 15) is 4.79 Å². The number of anilines is 3. The number of amides is 1. The Morgan fingerprint density at radius 1 is 1.17 bits per heavy atom. The summed E-state index contributed by atoms with van der Waals surface area (Å²) in [6.07, 6.45) is 9.92. The summed E-state index contributed by atoms with van der Waals surface area (Å²) >= 11 is 0. The second kappa shape index (κ2) is 6.22. The van der Waals surface area contributed by atoms with E-state index in [-0.39, 0.29) is 11.9 Å². The quantitative estimate of drug-likeness (QED) is 0.853. The van der Waals surface area contributed by atoms with Gasteiger partial charge in [0, 0.05) is 26.2 Å². The van der Waals surface area contributed by atoms with E-state index in [1.807, 2.05) is 13.2 Å². The maximum Gasteiger partial charge on any atom is 0.249 e. The molecule has 1 aliphatic carbocycles. The van der Waals surface area contributed by atoms with Crippen molar-refractivity contribution in [2.45, 2.75) is 64.0 Å². The molecule has 130 valence electrons. The molecule has 1 saturated carbocycles. The van der Waals surface area contributed by atoms with Gasteiger partial charge in [-0.2, -0.15) is 4.98 Å². The number of nitrogens with zero attached hydrogens (tertiary/aromatic N) is 5. The van der Waals surface area contributed by atoms with Crippen LogP contribution in [0.25, 0.3) is 0 Å². The number of aromatic nitrogens is 2. The Bertz CT molecular complexity index is 622. The van der Waals surface area contributed by atoms with Crippen LogP contribution in [0.5, 0.6) is 0 Å². The van der Waals surface area contributed by atoms with Crippen LogP contribution in [-0.4, -0.2) is 48.1 Å². The lowest BCUT2D eigenvalue weighted by Gasteiger charge is -2.43. The molecule has 0 bridgehead atoms. The minimum atomic E-state index is -0.0908. The fraction of sp³-hybridized carbons (Fsp3) is 0.722. The molecule has 3 aliphatic rings. The molecule has 2 fully saturated rings. The van der Waals surface area contributed by atoms with Crippen molar-refractivity contribution < 1.29 is 4.79 Å². The molecule has 0 N–H and O–H groups in total. The number of hydrogen-bond acceptors (Lipinski definition) is 5. The number of likely N-dealkylation sites (N-methyl/N-ethyl adjacent to an activating group) is 1. The lowest BCUT2D eigenvalue weighted by atomic mass is 10.0. The van der Waals surface area contributed by atoms with Gasteiger partial charge in [-0.05, 0) is 32.1 Å². The fourth-order valence-corrected chi connectivity index (χ4v) is 4.44. The molecular weight excluding hydrogens is 302 g/mol. The van der Waals surface area contributed by atoms with Gasteiger partial charge < -0.3 is 14.7 Å². The molecule has 0 spiro atoms. The number of rotatable bonds is 3. The van der Waals surface area contributed by atoms with E-state index in [2.05, 4.69) is 21.7 Å². The van der Waals surface area contributed by atoms with Gasteiger partial charge in [0.2, 0.25) is 11.9 Å².